The number of carbonyl (C=O) groups is 1. The monoisotopic (exact) mass is 413 g/mol. The Morgan fingerprint density at radius 1 is 1.03 bits per heavy atom. The first-order valence-corrected chi connectivity index (χ1v) is 10.6. The molecular weight excluding hydrogens is 386 g/mol. The van der Waals surface area contributed by atoms with E-state index < -0.39 is 11.5 Å². The SMILES string of the molecule is CC/C=C/[C@@H](c1ccccc1)[C@@]1(O)C(=O)N(Cc2ccccc2)c2ccc(OC)cc21. The number of rotatable bonds is 7. The number of aliphatic hydroxyl groups is 1. The van der Waals surface area contributed by atoms with Crippen LogP contribution in [-0.2, 0) is 16.9 Å². The van der Waals surface area contributed by atoms with Crippen LogP contribution in [-0.4, -0.2) is 18.1 Å². The Balaban J connectivity index is 1.87. The minimum atomic E-state index is -1.73. The highest BCUT2D eigenvalue weighted by atomic mass is 16.5. The molecular formula is C27H27NO3. The number of anilines is 1. The van der Waals surface area contributed by atoms with Crippen molar-refractivity contribution < 1.29 is 14.6 Å². The Hall–Kier alpha value is -3.37. The highest BCUT2D eigenvalue weighted by molar-refractivity contribution is 6.08. The molecule has 1 aliphatic heterocycles. The van der Waals surface area contributed by atoms with Gasteiger partial charge in [-0.1, -0.05) is 79.7 Å². The fraction of sp³-hybridized carbons (Fsp3) is 0.222. The van der Waals surface area contributed by atoms with E-state index in [1.807, 2.05) is 91.9 Å². The van der Waals surface area contributed by atoms with E-state index in [1.165, 1.54) is 0 Å². The van der Waals surface area contributed by atoms with Crippen LogP contribution in [0.1, 0.15) is 36.0 Å². The maximum absolute atomic E-state index is 13.9. The van der Waals surface area contributed by atoms with Gasteiger partial charge in [0.1, 0.15) is 5.75 Å². The van der Waals surface area contributed by atoms with Gasteiger partial charge in [0.2, 0.25) is 0 Å². The maximum Gasteiger partial charge on any atom is 0.264 e. The van der Waals surface area contributed by atoms with Crippen molar-refractivity contribution >= 4 is 11.6 Å². The standard InChI is InChI=1S/C27H27NO3/c1-3-4-15-23(21-13-9-6-10-14-21)27(30)24-18-22(31-2)16-17-25(24)28(26(27)29)19-20-11-7-5-8-12-20/h4-18,23,30H,3,19H2,1-2H3/b15-4+/t23-,27-/m0/s1. The summed E-state index contributed by atoms with van der Waals surface area (Å²) < 4.78 is 5.43. The largest absolute Gasteiger partial charge is 0.497 e. The summed E-state index contributed by atoms with van der Waals surface area (Å²) in [6.07, 6.45) is 4.76. The van der Waals surface area contributed by atoms with Crippen LogP contribution < -0.4 is 9.64 Å². The first-order valence-electron chi connectivity index (χ1n) is 10.6. The van der Waals surface area contributed by atoms with Crippen molar-refractivity contribution in [3.05, 3.63) is 108 Å². The highest BCUT2D eigenvalue weighted by Gasteiger charge is 2.54. The Labute approximate surface area is 183 Å². The molecule has 4 nitrogen and oxygen atoms in total. The third kappa shape index (κ3) is 3.75. The molecule has 3 aromatic rings. The predicted molar refractivity (Wildman–Crippen MR) is 123 cm³/mol. The van der Waals surface area contributed by atoms with E-state index in [4.69, 9.17) is 4.74 Å². The summed E-state index contributed by atoms with van der Waals surface area (Å²) in [4.78, 5) is 15.5. The van der Waals surface area contributed by atoms with Gasteiger partial charge in [0, 0.05) is 11.5 Å². The summed E-state index contributed by atoms with van der Waals surface area (Å²) in [5.41, 5.74) is 1.44. The second-order valence-electron chi connectivity index (χ2n) is 7.75. The smallest absolute Gasteiger partial charge is 0.264 e. The van der Waals surface area contributed by atoms with E-state index in [-0.39, 0.29) is 5.91 Å². The van der Waals surface area contributed by atoms with Crippen molar-refractivity contribution in [2.75, 3.05) is 12.0 Å². The van der Waals surface area contributed by atoms with Crippen LogP contribution in [0.3, 0.4) is 0 Å². The zero-order valence-electron chi connectivity index (χ0n) is 17.9. The molecule has 31 heavy (non-hydrogen) atoms. The molecule has 0 saturated heterocycles. The number of hydrogen-bond donors (Lipinski definition) is 1. The van der Waals surface area contributed by atoms with Crippen LogP contribution in [0.25, 0.3) is 0 Å². The van der Waals surface area contributed by atoms with Gasteiger partial charge in [-0.3, -0.25) is 4.79 Å². The number of methoxy groups -OCH3 is 1. The molecule has 4 heteroatoms. The summed E-state index contributed by atoms with van der Waals surface area (Å²) >= 11 is 0. The Morgan fingerprint density at radius 2 is 1.71 bits per heavy atom. The number of benzene rings is 3. The quantitative estimate of drug-likeness (QED) is 0.543. The molecule has 1 heterocycles. The van der Waals surface area contributed by atoms with Crippen molar-refractivity contribution in [2.24, 2.45) is 0 Å². The van der Waals surface area contributed by atoms with Gasteiger partial charge < -0.3 is 14.7 Å². The van der Waals surface area contributed by atoms with E-state index in [1.54, 1.807) is 18.1 Å². The number of carbonyl (C=O) groups excluding carboxylic acids is 1. The highest BCUT2D eigenvalue weighted by Crippen LogP contribution is 2.50. The zero-order valence-corrected chi connectivity index (χ0v) is 17.9. The first kappa shape index (κ1) is 20.9. The third-order valence-corrected chi connectivity index (χ3v) is 5.83. The number of fused-ring (bicyclic) bond motifs is 1. The lowest BCUT2D eigenvalue weighted by molar-refractivity contribution is -0.137. The summed E-state index contributed by atoms with van der Waals surface area (Å²) in [5.74, 6) is -0.236. The fourth-order valence-corrected chi connectivity index (χ4v) is 4.26. The van der Waals surface area contributed by atoms with Gasteiger partial charge in [-0.25, -0.2) is 0 Å². The van der Waals surface area contributed by atoms with Crippen molar-refractivity contribution in [1.29, 1.82) is 0 Å². The lowest BCUT2D eigenvalue weighted by Gasteiger charge is -2.31. The Morgan fingerprint density at radius 3 is 2.35 bits per heavy atom. The van der Waals surface area contributed by atoms with Gasteiger partial charge in [-0.15, -0.1) is 0 Å². The summed E-state index contributed by atoms with van der Waals surface area (Å²) in [6, 6.07) is 25.0. The molecule has 3 aromatic carbocycles. The topological polar surface area (TPSA) is 49.8 Å². The molecule has 0 bridgehead atoms. The lowest BCUT2D eigenvalue weighted by Crippen LogP contribution is -2.44. The normalized spacial score (nSPS) is 18.9. The summed E-state index contributed by atoms with van der Waals surface area (Å²) in [5, 5.41) is 12.1. The average Bonchev–Trinajstić information content (AvgIpc) is 3.02. The zero-order chi connectivity index (χ0) is 21.8. The third-order valence-electron chi connectivity index (χ3n) is 5.83. The van der Waals surface area contributed by atoms with E-state index in [9.17, 15) is 9.90 Å². The average molecular weight is 414 g/mol. The van der Waals surface area contributed by atoms with E-state index in [0.717, 1.165) is 17.5 Å². The van der Waals surface area contributed by atoms with Crippen LogP contribution in [0, 0.1) is 0 Å². The van der Waals surface area contributed by atoms with Gasteiger partial charge in [0.15, 0.2) is 5.60 Å². The molecule has 2 atom stereocenters. The van der Waals surface area contributed by atoms with Gasteiger partial charge in [0.05, 0.1) is 19.3 Å². The molecule has 0 unspecified atom stereocenters. The molecule has 1 aliphatic rings. The minimum Gasteiger partial charge on any atom is -0.497 e. The Bertz CT molecular complexity index is 1080. The summed E-state index contributed by atoms with van der Waals surface area (Å²) in [6.45, 7) is 2.43. The van der Waals surface area contributed by atoms with Crippen LogP contribution in [0.5, 0.6) is 5.75 Å². The van der Waals surface area contributed by atoms with Crippen molar-refractivity contribution in [2.45, 2.75) is 31.4 Å². The van der Waals surface area contributed by atoms with Crippen molar-refractivity contribution in [3.63, 3.8) is 0 Å². The van der Waals surface area contributed by atoms with Gasteiger partial charge in [0.25, 0.3) is 5.91 Å². The number of allylic oxidation sites excluding steroid dienone is 1. The molecule has 4 rings (SSSR count). The van der Waals surface area contributed by atoms with Crippen LogP contribution >= 0.6 is 0 Å². The minimum absolute atomic E-state index is 0.325. The number of ether oxygens (including phenoxy) is 1. The maximum atomic E-state index is 13.9. The van der Waals surface area contributed by atoms with Gasteiger partial charge in [-0.05, 0) is 35.7 Å². The van der Waals surface area contributed by atoms with Crippen LogP contribution in [0.2, 0.25) is 0 Å². The molecule has 0 radical (unpaired) electrons. The van der Waals surface area contributed by atoms with E-state index in [2.05, 4.69) is 0 Å². The van der Waals surface area contributed by atoms with Crippen LogP contribution in [0.15, 0.2) is 91.0 Å². The molecule has 0 spiro atoms. The number of hydrogen-bond acceptors (Lipinski definition) is 3. The second kappa shape index (κ2) is 8.78. The number of amides is 1. The van der Waals surface area contributed by atoms with E-state index in [0.29, 0.717) is 23.5 Å². The van der Waals surface area contributed by atoms with Gasteiger partial charge in [-0.2, -0.15) is 0 Å². The molecule has 1 amide bonds. The predicted octanol–water partition coefficient (Wildman–Crippen LogP) is 5.18. The molecule has 0 aromatic heterocycles. The summed E-state index contributed by atoms with van der Waals surface area (Å²) in [7, 11) is 1.59. The molecule has 0 saturated carbocycles. The van der Waals surface area contributed by atoms with Gasteiger partial charge >= 0.3 is 0 Å². The van der Waals surface area contributed by atoms with Crippen molar-refractivity contribution in [1.82, 2.24) is 0 Å². The molecule has 0 aliphatic carbocycles. The van der Waals surface area contributed by atoms with E-state index >= 15 is 0 Å². The lowest BCUT2D eigenvalue weighted by atomic mass is 9.77. The van der Waals surface area contributed by atoms with Crippen LogP contribution in [0.4, 0.5) is 5.69 Å². The Kier molecular flexibility index (Phi) is 5.92. The number of nitrogens with zero attached hydrogens (tertiary/aromatic N) is 1. The van der Waals surface area contributed by atoms with Crippen molar-refractivity contribution in [3.8, 4) is 5.75 Å². The molecule has 0 fully saturated rings. The fourth-order valence-electron chi connectivity index (χ4n) is 4.26. The first-order chi connectivity index (χ1) is 15.1. The molecule has 158 valence electrons. The molecule has 1 N–H and O–H groups in total. The second-order valence-corrected chi connectivity index (χ2v) is 7.75.